The lowest BCUT2D eigenvalue weighted by Crippen LogP contribution is -2.17. The Balaban J connectivity index is 2.88. The van der Waals surface area contributed by atoms with E-state index in [4.69, 9.17) is 0 Å². The van der Waals surface area contributed by atoms with Crippen molar-refractivity contribution in [3.8, 4) is 0 Å². The van der Waals surface area contributed by atoms with Gasteiger partial charge in [0.15, 0.2) is 9.84 Å². The molecular formula is C12H16BrFO2S. The van der Waals surface area contributed by atoms with Gasteiger partial charge in [0, 0.05) is 5.33 Å². The Kier molecular flexibility index (Phi) is 5.59. The summed E-state index contributed by atoms with van der Waals surface area (Å²) in [4.78, 5) is 0.0690. The fraction of sp³-hybridized carbons (Fsp3) is 0.500. The summed E-state index contributed by atoms with van der Waals surface area (Å²) >= 11 is 3.32. The second kappa shape index (κ2) is 6.50. The Labute approximate surface area is 110 Å². The van der Waals surface area contributed by atoms with Crippen LogP contribution in [0.1, 0.15) is 19.8 Å². The number of halogens is 2. The lowest BCUT2D eigenvalue weighted by Gasteiger charge is -2.13. The summed E-state index contributed by atoms with van der Waals surface area (Å²) in [5.74, 6) is -0.375. The van der Waals surface area contributed by atoms with Gasteiger partial charge in [-0.2, -0.15) is 0 Å². The van der Waals surface area contributed by atoms with Gasteiger partial charge in [-0.25, -0.2) is 12.8 Å². The van der Waals surface area contributed by atoms with E-state index in [0.29, 0.717) is 5.33 Å². The molecule has 1 rings (SSSR count). The maximum absolute atomic E-state index is 13.0. The van der Waals surface area contributed by atoms with E-state index in [1.807, 2.05) is 6.92 Å². The highest BCUT2D eigenvalue weighted by atomic mass is 79.9. The lowest BCUT2D eigenvalue weighted by atomic mass is 10.1. The third-order valence-corrected chi connectivity index (χ3v) is 5.32. The van der Waals surface area contributed by atoms with E-state index in [-0.39, 0.29) is 16.6 Å². The van der Waals surface area contributed by atoms with Gasteiger partial charge >= 0.3 is 0 Å². The predicted octanol–water partition coefficient (Wildman–Crippen LogP) is 3.41. The Morgan fingerprint density at radius 1 is 1.41 bits per heavy atom. The molecule has 2 nitrogen and oxygen atoms in total. The molecule has 0 aromatic heterocycles. The fourth-order valence-electron chi connectivity index (χ4n) is 1.68. The molecule has 0 aliphatic rings. The van der Waals surface area contributed by atoms with Crippen molar-refractivity contribution in [2.75, 3.05) is 11.1 Å². The van der Waals surface area contributed by atoms with E-state index in [9.17, 15) is 12.8 Å². The van der Waals surface area contributed by atoms with Crippen molar-refractivity contribution >= 4 is 25.8 Å². The Bertz CT molecular complexity index is 459. The Morgan fingerprint density at radius 3 is 2.65 bits per heavy atom. The number of alkyl halides is 1. The summed E-state index contributed by atoms with van der Waals surface area (Å²) in [6, 6.07) is 5.18. The molecule has 1 unspecified atom stereocenters. The molecule has 1 atom stereocenters. The first-order chi connectivity index (χ1) is 7.99. The second-order valence-corrected chi connectivity index (χ2v) is 6.73. The summed E-state index contributed by atoms with van der Waals surface area (Å²) in [6.07, 6.45) is 1.79. The number of hydrogen-bond donors (Lipinski definition) is 0. The average Bonchev–Trinajstić information content (AvgIpc) is 2.28. The fourth-order valence-corrected chi connectivity index (χ4v) is 4.21. The summed E-state index contributed by atoms with van der Waals surface area (Å²) < 4.78 is 37.1. The van der Waals surface area contributed by atoms with Crippen molar-refractivity contribution in [1.82, 2.24) is 0 Å². The molecule has 0 radical (unpaired) electrons. The third-order valence-electron chi connectivity index (χ3n) is 2.53. The molecule has 0 aliphatic heterocycles. The zero-order valence-corrected chi connectivity index (χ0v) is 12.1. The van der Waals surface area contributed by atoms with Gasteiger partial charge in [0.2, 0.25) is 0 Å². The molecule has 1 aromatic rings. The third kappa shape index (κ3) is 4.39. The van der Waals surface area contributed by atoms with Crippen LogP contribution in [-0.4, -0.2) is 19.5 Å². The molecule has 0 heterocycles. The first kappa shape index (κ1) is 14.6. The van der Waals surface area contributed by atoms with E-state index < -0.39 is 15.7 Å². The van der Waals surface area contributed by atoms with Crippen LogP contribution in [0.25, 0.3) is 0 Å². The topological polar surface area (TPSA) is 34.1 Å². The zero-order valence-electron chi connectivity index (χ0n) is 9.70. The van der Waals surface area contributed by atoms with E-state index >= 15 is 0 Å². The molecule has 0 saturated heterocycles. The molecule has 0 saturated carbocycles. The maximum Gasteiger partial charge on any atom is 0.178 e. The van der Waals surface area contributed by atoms with Crippen LogP contribution in [0.15, 0.2) is 29.2 Å². The molecule has 0 aliphatic carbocycles. The molecule has 1 aromatic carbocycles. The first-order valence-electron chi connectivity index (χ1n) is 5.54. The lowest BCUT2D eigenvalue weighted by molar-refractivity contribution is 0.550. The van der Waals surface area contributed by atoms with Gasteiger partial charge in [0.1, 0.15) is 5.82 Å². The molecule has 5 heteroatoms. The predicted molar refractivity (Wildman–Crippen MR) is 70.6 cm³/mol. The number of sulfone groups is 1. The summed E-state index contributed by atoms with van der Waals surface area (Å²) in [5, 5.41) is 0.648. The number of rotatable bonds is 6. The van der Waals surface area contributed by atoms with Crippen molar-refractivity contribution in [1.29, 1.82) is 0 Å². The monoisotopic (exact) mass is 322 g/mol. The Hall–Kier alpha value is -0.420. The van der Waals surface area contributed by atoms with Crippen LogP contribution in [0.3, 0.4) is 0 Å². The average molecular weight is 323 g/mol. The van der Waals surface area contributed by atoms with Gasteiger partial charge in [0.05, 0.1) is 10.6 Å². The van der Waals surface area contributed by atoms with Crippen molar-refractivity contribution in [2.45, 2.75) is 24.7 Å². The van der Waals surface area contributed by atoms with Gasteiger partial charge in [0.25, 0.3) is 0 Å². The highest BCUT2D eigenvalue weighted by Gasteiger charge is 2.20. The number of benzene rings is 1. The van der Waals surface area contributed by atoms with Crippen LogP contribution in [-0.2, 0) is 9.84 Å². The maximum atomic E-state index is 13.0. The molecule has 0 spiro atoms. The Morgan fingerprint density at radius 2 is 2.12 bits per heavy atom. The second-order valence-electron chi connectivity index (χ2n) is 4.05. The van der Waals surface area contributed by atoms with Gasteiger partial charge in [-0.1, -0.05) is 35.3 Å². The van der Waals surface area contributed by atoms with E-state index in [1.54, 1.807) is 0 Å². The number of hydrogen-bond acceptors (Lipinski definition) is 2. The van der Waals surface area contributed by atoms with Crippen LogP contribution in [0, 0.1) is 11.7 Å². The molecule has 96 valence electrons. The largest absolute Gasteiger partial charge is 0.224 e. The van der Waals surface area contributed by atoms with Crippen molar-refractivity contribution in [3.63, 3.8) is 0 Å². The van der Waals surface area contributed by atoms with E-state index in [1.165, 1.54) is 18.2 Å². The van der Waals surface area contributed by atoms with Gasteiger partial charge in [-0.15, -0.1) is 0 Å². The molecular weight excluding hydrogens is 307 g/mol. The minimum atomic E-state index is -3.39. The normalized spacial score (nSPS) is 13.6. The van der Waals surface area contributed by atoms with Crippen molar-refractivity contribution in [2.24, 2.45) is 5.92 Å². The molecule has 0 N–H and O–H groups in total. The van der Waals surface area contributed by atoms with Crippen LogP contribution in [0.5, 0.6) is 0 Å². The molecule has 0 bridgehead atoms. The van der Waals surface area contributed by atoms with Crippen molar-refractivity contribution < 1.29 is 12.8 Å². The van der Waals surface area contributed by atoms with E-state index in [2.05, 4.69) is 15.9 Å². The summed E-state index contributed by atoms with van der Waals surface area (Å²) in [7, 11) is -3.39. The highest BCUT2D eigenvalue weighted by molar-refractivity contribution is 9.09. The zero-order chi connectivity index (χ0) is 12.9. The highest BCUT2D eigenvalue weighted by Crippen LogP contribution is 2.19. The quantitative estimate of drug-likeness (QED) is 0.752. The molecule has 0 fully saturated rings. The summed E-state index contributed by atoms with van der Waals surface area (Å²) in [5.41, 5.74) is 0. The standard InChI is InChI=1S/C12H16BrFO2S/c1-2-4-10(8-13)9-17(15,16)12-6-3-5-11(14)7-12/h3,5-7,10H,2,4,8-9H2,1H3. The van der Waals surface area contributed by atoms with Gasteiger partial charge in [-0.3, -0.25) is 0 Å². The molecule has 17 heavy (non-hydrogen) atoms. The SMILES string of the molecule is CCCC(CBr)CS(=O)(=O)c1cccc(F)c1. The smallest absolute Gasteiger partial charge is 0.178 e. The first-order valence-corrected chi connectivity index (χ1v) is 8.31. The minimum Gasteiger partial charge on any atom is -0.224 e. The molecule has 0 amide bonds. The van der Waals surface area contributed by atoms with Gasteiger partial charge in [-0.05, 0) is 30.5 Å². The summed E-state index contributed by atoms with van der Waals surface area (Å²) in [6.45, 7) is 2.02. The van der Waals surface area contributed by atoms with Crippen molar-refractivity contribution in [3.05, 3.63) is 30.1 Å². The van der Waals surface area contributed by atoms with Crippen LogP contribution < -0.4 is 0 Å². The minimum absolute atomic E-state index is 0.0650. The van der Waals surface area contributed by atoms with Gasteiger partial charge < -0.3 is 0 Å². The van der Waals surface area contributed by atoms with Crippen LogP contribution in [0.2, 0.25) is 0 Å². The van der Waals surface area contributed by atoms with Crippen LogP contribution >= 0.6 is 15.9 Å². The van der Waals surface area contributed by atoms with E-state index in [0.717, 1.165) is 18.9 Å². The van der Waals surface area contributed by atoms with Crippen LogP contribution in [0.4, 0.5) is 4.39 Å².